The molecule has 26 heavy (non-hydrogen) atoms. The van der Waals surface area contributed by atoms with Crippen LogP contribution in [0.3, 0.4) is 0 Å². The molecule has 0 amide bonds. The van der Waals surface area contributed by atoms with Crippen LogP contribution in [0.2, 0.25) is 5.15 Å². The van der Waals surface area contributed by atoms with Crippen LogP contribution in [0.5, 0.6) is 11.5 Å². The highest BCUT2D eigenvalue weighted by molar-refractivity contribution is 6.30. The summed E-state index contributed by atoms with van der Waals surface area (Å²) in [5, 5.41) is 1.20. The van der Waals surface area contributed by atoms with E-state index in [1.165, 1.54) is 12.8 Å². The fourth-order valence-electron chi connectivity index (χ4n) is 4.13. The molecule has 0 N–H and O–H groups in total. The number of nitrogens with zero attached hydrogens (tertiary/aromatic N) is 2. The van der Waals surface area contributed by atoms with E-state index in [0.29, 0.717) is 17.5 Å². The van der Waals surface area contributed by atoms with E-state index in [9.17, 15) is 0 Å². The number of hydrogen-bond donors (Lipinski definition) is 0. The average Bonchev–Trinajstić information content (AvgIpc) is 3.32. The Morgan fingerprint density at radius 1 is 1.19 bits per heavy atom. The van der Waals surface area contributed by atoms with Gasteiger partial charge in [-0.15, -0.1) is 0 Å². The third kappa shape index (κ3) is 3.23. The summed E-state index contributed by atoms with van der Waals surface area (Å²) in [5.74, 6) is 0.0921. The summed E-state index contributed by atoms with van der Waals surface area (Å²) in [6.45, 7) is 3.74. The summed E-state index contributed by atoms with van der Waals surface area (Å²) in [7, 11) is 1.54. The fraction of sp³-hybridized carbons (Fsp3) is 0.550. The number of likely N-dealkylation sites (tertiary alicyclic amines) is 1. The van der Waals surface area contributed by atoms with Crippen molar-refractivity contribution in [2.24, 2.45) is 0 Å². The summed E-state index contributed by atoms with van der Waals surface area (Å²) >= 11 is 6.29. The number of pyridine rings is 1. The molecule has 0 saturated carbocycles. The first-order valence-electron chi connectivity index (χ1n) is 9.41. The van der Waals surface area contributed by atoms with Gasteiger partial charge in [-0.1, -0.05) is 11.6 Å². The zero-order valence-corrected chi connectivity index (χ0v) is 15.9. The highest BCUT2D eigenvalue weighted by atomic mass is 35.5. The van der Waals surface area contributed by atoms with Gasteiger partial charge in [-0.25, -0.2) is 9.37 Å². The van der Waals surface area contributed by atoms with Crippen LogP contribution in [0.4, 0.5) is 4.39 Å². The Bertz CT molecular complexity index is 822. The summed E-state index contributed by atoms with van der Waals surface area (Å²) in [5.41, 5.74) is 2.42. The van der Waals surface area contributed by atoms with Crippen LogP contribution >= 0.6 is 11.6 Å². The van der Waals surface area contributed by atoms with E-state index in [2.05, 4.69) is 9.88 Å². The fourth-order valence-corrected chi connectivity index (χ4v) is 4.42. The summed E-state index contributed by atoms with van der Waals surface area (Å²) < 4.78 is 26.4. The van der Waals surface area contributed by atoms with Crippen molar-refractivity contribution in [3.05, 3.63) is 28.2 Å². The number of halogens is 2. The SMILES string of the molecule is COc1cc2c3c(c(Cl)nc2c(F)c1OCCCN1CCCC1)CCC3. The smallest absolute Gasteiger partial charge is 0.199 e. The predicted molar refractivity (Wildman–Crippen MR) is 101 cm³/mol. The molecule has 0 bridgehead atoms. The number of benzene rings is 1. The summed E-state index contributed by atoms with van der Waals surface area (Å²) in [4.78, 5) is 6.74. The second-order valence-corrected chi connectivity index (χ2v) is 7.44. The lowest BCUT2D eigenvalue weighted by atomic mass is 10.0. The Balaban J connectivity index is 1.59. The highest BCUT2D eigenvalue weighted by Gasteiger charge is 2.24. The van der Waals surface area contributed by atoms with Gasteiger partial charge in [0.1, 0.15) is 10.7 Å². The van der Waals surface area contributed by atoms with Gasteiger partial charge in [0, 0.05) is 11.9 Å². The maximum Gasteiger partial charge on any atom is 0.199 e. The van der Waals surface area contributed by atoms with Gasteiger partial charge in [0.25, 0.3) is 0 Å². The molecule has 1 aliphatic carbocycles. The second-order valence-electron chi connectivity index (χ2n) is 7.08. The lowest BCUT2D eigenvalue weighted by Gasteiger charge is -2.17. The Hall–Kier alpha value is -1.59. The standard InChI is InChI=1S/C20H24ClFN2O2/c1-25-16-12-15-13-6-4-7-14(13)20(21)23-18(15)17(22)19(16)26-11-5-10-24-8-2-3-9-24/h12H,2-11H2,1H3. The number of aryl methyl sites for hydroxylation is 1. The minimum atomic E-state index is -0.475. The normalized spacial score (nSPS) is 17.0. The van der Waals surface area contributed by atoms with Crippen LogP contribution in [0, 0.1) is 5.82 Å². The van der Waals surface area contributed by atoms with Crippen molar-refractivity contribution in [3.63, 3.8) is 0 Å². The van der Waals surface area contributed by atoms with E-state index in [1.807, 2.05) is 6.07 Å². The number of fused-ring (bicyclic) bond motifs is 3. The van der Waals surface area contributed by atoms with Crippen molar-refractivity contribution >= 4 is 22.5 Å². The summed E-state index contributed by atoms with van der Waals surface area (Å²) in [6.07, 6.45) is 6.21. The van der Waals surface area contributed by atoms with E-state index in [0.717, 1.165) is 61.8 Å². The van der Waals surface area contributed by atoms with E-state index >= 15 is 4.39 Å². The van der Waals surface area contributed by atoms with Crippen LogP contribution in [0.15, 0.2) is 6.07 Å². The quantitative estimate of drug-likeness (QED) is 0.551. The molecule has 6 heteroatoms. The Morgan fingerprint density at radius 2 is 1.96 bits per heavy atom. The van der Waals surface area contributed by atoms with Gasteiger partial charge in [-0.05, 0) is 68.8 Å². The summed E-state index contributed by atoms with van der Waals surface area (Å²) in [6, 6.07) is 1.85. The molecule has 2 aromatic rings. The molecule has 4 nitrogen and oxygen atoms in total. The zero-order chi connectivity index (χ0) is 18.1. The molecule has 2 aliphatic rings. The maximum atomic E-state index is 15.2. The minimum Gasteiger partial charge on any atom is -0.493 e. The lowest BCUT2D eigenvalue weighted by molar-refractivity contribution is 0.246. The lowest BCUT2D eigenvalue weighted by Crippen LogP contribution is -2.22. The number of ether oxygens (including phenoxy) is 2. The first-order valence-corrected chi connectivity index (χ1v) is 9.79. The first kappa shape index (κ1) is 17.8. The van der Waals surface area contributed by atoms with Crippen molar-refractivity contribution in [2.45, 2.75) is 38.5 Å². The molecule has 2 heterocycles. The Morgan fingerprint density at radius 3 is 2.73 bits per heavy atom. The second kappa shape index (κ2) is 7.57. The van der Waals surface area contributed by atoms with E-state index < -0.39 is 5.82 Å². The molecular weight excluding hydrogens is 355 g/mol. The van der Waals surface area contributed by atoms with Crippen molar-refractivity contribution < 1.29 is 13.9 Å². The molecule has 140 valence electrons. The largest absolute Gasteiger partial charge is 0.493 e. The van der Waals surface area contributed by atoms with Gasteiger partial charge in [-0.3, -0.25) is 0 Å². The minimum absolute atomic E-state index is 0.142. The van der Waals surface area contributed by atoms with Crippen LogP contribution < -0.4 is 9.47 Å². The van der Waals surface area contributed by atoms with E-state index in [1.54, 1.807) is 7.11 Å². The Kier molecular flexibility index (Phi) is 5.18. The van der Waals surface area contributed by atoms with Gasteiger partial charge in [0.15, 0.2) is 17.3 Å². The third-order valence-electron chi connectivity index (χ3n) is 5.45. The average molecular weight is 379 g/mol. The number of rotatable bonds is 6. The van der Waals surface area contributed by atoms with Crippen LogP contribution in [-0.2, 0) is 12.8 Å². The van der Waals surface area contributed by atoms with E-state index in [4.69, 9.17) is 21.1 Å². The van der Waals surface area contributed by atoms with Crippen molar-refractivity contribution in [2.75, 3.05) is 33.4 Å². The van der Waals surface area contributed by atoms with Gasteiger partial charge in [0.05, 0.1) is 13.7 Å². The molecule has 0 unspecified atom stereocenters. The van der Waals surface area contributed by atoms with Crippen molar-refractivity contribution in [1.82, 2.24) is 9.88 Å². The molecule has 1 aliphatic heterocycles. The number of hydrogen-bond acceptors (Lipinski definition) is 4. The van der Waals surface area contributed by atoms with Crippen LogP contribution in [0.1, 0.15) is 36.8 Å². The zero-order valence-electron chi connectivity index (χ0n) is 15.1. The molecule has 4 rings (SSSR count). The van der Waals surface area contributed by atoms with Gasteiger partial charge in [-0.2, -0.15) is 0 Å². The molecule has 0 spiro atoms. The van der Waals surface area contributed by atoms with Gasteiger partial charge >= 0.3 is 0 Å². The third-order valence-corrected chi connectivity index (χ3v) is 5.76. The maximum absolute atomic E-state index is 15.2. The van der Waals surface area contributed by atoms with Gasteiger partial charge in [0.2, 0.25) is 0 Å². The molecule has 1 saturated heterocycles. The van der Waals surface area contributed by atoms with Gasteiger partial charge < -0.3 is 14.4 Å². The molecule has 0 radical (unpaired) electrons. The van der Waals surface area contributed by atoms with Crippen LogP contribution in [0.25, 0.3) is 10.9 Å². The number of aromatic nitrogens is 1. The monoisotopic (exact) mass is 378 g/mol. The van der Waals surface area contributed by atoms with Crippen LogP contribution in [-0.4, -0.2) is 43.2 Å². The predicted octanol–water partition coefficient (Wildman–Crippen LogP) is 4.39. The Labute approximate surface area is 158 Å². The molecule has 1 aromatic carbocycles. The molecule has 1 aromatic heterocycles. The number of methoxy groups -OCH3 is 1. The van der Waals surface area contributed by atoms with Crippen molar-refractivity contribution in [1.29, 1.82) is 0 Å². The van der Waals surface area contributed by atoms with E-state index in [-0.39, 0.29) is 11.3 Å². The molecular formula is C20H24ClFN2O2. The first-order chi connectivity index (χ1) is 12.7. The van der Waals surface area contributed by atoms with Crippen molar-refractivity contribution in [3.8, 4) is 11.5 Å². The molecule has 0 atom stereocenters. The highest BCUT2D eigenvalue weighted by Crippen LogP contribution is 2.41. The topological polar surface area (TPSA) is 34.6 Å². The molecule has 1 fully saturated rings.